The van der Waals surface area contributed by atoms with Gasteiger partial charge < -0.3 is 14.8 Å². The lowest BCUT2D eigenvalue weighted by Crippen LogP contribution is -2.32. The number of amides is 1. The Bertz CT molecular complexity index is 853. The number of hydrogen-bond donors (Lipinski definition) is 1. The number of benzene rings is 3. The second-order valence-electron chi connectivity index (χ2n) is 5.71. The third-order valence-corrected chi connectivity index (χ3v) is 4.04. The maximum absolute atomic E-state index is 12.6. The Balaban J connectivity index is 1.75. The standard InChI is InChI=1S/C21H21NO3/c1-3-19(21(23)22-16-11-13-17(24-2)14-12-16)25-20-10-6-8-15-7-4-5-9-18(15)20/h4-14,19H,3H2,1-2H3,(H,22,23)/t19-/m1/s1. The lowest BCUT2D eigenvalue weighted by Gasteiger charge is -2.18. The Morgan fingerprint density at radius 3 is 2.44 bits per heavy atom. The molecule has 0 heterocycles. The van der Waals surface area contributed by atoms with Crippen LogP contribution in [0.15, 0.2) is 66.7 Å². The Kier molecular flexibility index (Phi) is 5.19. The lowest BCUT2D eigenvalue weighted by atomic mass is 10.1. The van der Waals surface area contributed by atoms with Crippen LogP contribution in [-0.4, -0.2) is 19.1 Å². The molecule has 0 fully saturated rings. The van der Waals surface area contributed by atoms with Crippen LogP contribution >= 0.6 is 0 Å². The van der Waals surface area contributed by atoms with Crippen LogP contribution in [0.5, 0.6) is 11.5 Å². The van der Waals surface area contributed by atoms with Crippen molar-refractivity contribution >= 4 is 22.4 Å². The fourth-order valence-corrected chi connectivity index (χ4v) is 2.67. The van der Waals surface area contributed by atoms with Gasteiger partial charge in [-0.05, 0) is 42.1 Å². The summed E-state index contributed by atoms with van der Waals surface area (Å²) in [5, 5.41) is 4.98. The Hall–Kier alpha value is -3.01. The molecule has 0 saturated heterocycles. The zero-order chi connectivity index (χ0) is 17.6. The van der Waals surface area contributed by atoms with E-state index in [9.17, 15) is 4.79 Å². The summed E-state index contributed by atoms with van der Waals surface area (Å²) in [6, 6.07) is 21.1. The highest BCUT2D eigenvalue weighted by Gasteiger charge is 2.19. The zero-order valence-electron chi connectivity index (χ0n) is 14.4. The zero-order valence-corrected chi connectivity index (χ0v) is 14.4. The number of fused-ring (bicyclic) bond motifs is 1. The fraction of sp³-hybridized carbons (Fsp3) is 0.190. The van der Waals surface area contributed by atoms with E-state index in [0.717, 1.165) is 22.3 Å². The van der Waals surface area contributed by atoms with Gasteiger partial charge in [0, 0.05) is 11.1 Å². The molecule has 0 aliphatic rings. The highest BCUT2D eigenvalue weighted by atomic mass is 16.5. The quantitative estimate of drug-likeness (QED) is 0.713. The molecule has 0 aromatic heterocycles. The lowest BCUT2D eigenvalue weighted by molar-refractivity contribution is -0.122. The van der Waals surface area contributed by atoms with E-state index < -0.39 is 6.10 Å². The predicted octanol–water partition coefficient (Wildman–Crippen LogP) is 4.64. The molecule has 1 atom stereocenters. The number of hydrogen-bond acceptors (Lipinski definition) is 3. The summed E-state index contributed by atoms with van der Waals surface area (Å²) < 4.78 is 11.1. The van der Waals surface area contributed by atoms with Gasteiger partial charge in [0.05, 0.1) is 7.11 Å². The number of methoxy groups -OCH3 is 1. The van der Waals surface area contributed by atoms with Gasteiger partial charge in [-0.1, -0.05) is 43.3 Å². The van der Waals surface area contributed by atoms with Gasteiger partial charge in [0.1, 0.15) is 11.5 Å². The molecule has 3 aromatic carbocycles. The average molecular weight is 335 g/mol. The van der Waals surface area contributed by atoms with Crippen LogP contribution in [-0.2, 0) is 4.79 Å². The highest BCUT2D eigenvalue weighted by molar-refractivity contribution is 5.95. The summed E-state index contributed by atoms with van der Waals surface area (Å²) in [6.45, 7) is 1.93. The molecule has 0 unspecified atom stereocenters. The van der Waals surface area contributed by atoms with Crippen LogP contribution in [0, 0.1) is 0 Å². The molecular formula is C21H21NO3. The molecular weight excluding hydrogens is 314 g/mol. The second kappa shape index (κ2) is 7.71. The van der Waals surface area contributed by atoms with E-state index in [-0.39, 0.29) is 5.91 Å². The Morgan fingerprint density at radius 2 is 1.72 bits per heavy atom. The third kappa shape index (κ3) is 3.91. The summed E-state index contributed by atoms with van der Waals surface area (Å²) >= 11 is 0. The molecule has 1 N–H and O–H groups in total. The molecule has 25 heavy (non-hydrogen) atoms. The summed E-state index contributed by atoms with van der Waals surface area (Å²) in [4.78, 5) is 12.6. The Morgan fingerprint density at radius 1 is 1.00 bits per heavy atom. The summed E-state index contributed by atoms with van der Waals surface area (Å²) in [5.74, 6) is 1.30. The average Bonchev–Trinajstić information content (AvgIpc) is 2.66. The summed E-state index contributed by atoms with van der Waals surface area (Å²) in [7, 11) is 1.61. The fourth-order valence-electron chi connectivity index (χ4n) is 2.67. The van der Waals surface area contributed by atoms with Crippen LogP contribution in [0.1, 0.15) is 13.3 Å². The van der Waals surface area contributed by atoms with E-state index in [2.05, 4.69) is 5.32 Å². The SMILES string of the molecule is CC[C@@H](Oc1cccc2ccccc12)C(=O)Nc1ccc(OC)cc1. The number of carbonyl (C=O) groups is 1. The molecule has 0 spiro atoms. The van der Waals surface area contributed by atoms with Gasteiger partial charge in [0.25, 0.3) is 5.91 Å². The summed E-state index contributed by atoms with van der Waals surface area (Å²) in [6.07, 6.45) is 0.0125. The monoisotopic (exact) mass is 335 g/mol. The predicted molar refractivity (Wildman–Crippen MR) is 100 cm³/mol. The first-order valence-corrected chi connectivity index (χ1v) is 8.30. The molecule has 1 amide bonds. The first kappa shape index (κ1) is 16.8. The van der Waals surface area contributed by atoms with Gasteiger partial charge in [-0.25, -0.2) is 0 Å². The van der Waals surface area contributed by atoms with E-state index in [1.807, 2.05) is 61.5 Å². The van der Waals surface area contributed by atoms with Gasteiger partial charge in [0.15, 0.2) is 6.10 Å². The third-order valence-electron chi connectivity index (χ3n) is 4.04. The van der Waals surface area contributed by atoms with Crippen LogP contribution in [0.3, 0.4) is 0 Å². The normalized spacial score (nSPS) is 11.8. The van der Waals surface area contributed by atoms with Gasteiger partial charge in [-0.3, -0.25) is 4.79 Å². The number of carbonyl (C=O) groups excluding carboxylic acids is 1. The van der Waals surface area contributed by atoms with Crippen molar-refractivity contribution in [2.24, 2.45) is 0 Å². The van der Waals surface area contributed by atoms with Crippen LogP contribution in [0.4, 0.5) is 5.69 Å². The van der Waals surface area contributed by atoms with Gasteiger partial charge in [-0.2, -0.15) is 0 Å². The van der Waals surface area contributed by atoms with E-state index in [1.165, 1.54) is 0 Å². The van der Waals surface area contributed by atoms with Crippen molar-refractivity contribution in [3.63, 3.8) is 0 Å². The number of nitrogens with one attached hydrogen (secondary N) is 1. The molecule has 0 radical (unpaired) electrons. The van der Waals surface area contributed by atoms with E-state index in [4.69, 9.17) is 9.47 Å². The van der Waals surface area contributed by atoms with Crippen molar-refractivity contribution in [2.45, 2.75) is 19.4 Å². The summed E-state index contributed by atoms with van der Waals surface area (Å²) in [5.41, 5.74) is 0.714. The minimum absolute atomic E-state index is 0.166. The molecule has 0 saturated carbocycles. The minimum atomic E-state index is -0.562. The molecule has 128 valence electrons. The van der Waals surface area contributed by atoms with Crippen molar-refractivity contribution in [3.8, 4) is 11.5 Å². The molecule has 4 heteroatoms. The maximum Gasteiger partial charge on any atom is 0.265 e. The Labute approximate surface area is 147 Å². The molecule has 4 nitrogen and oxygen atoms in total. The first-order valence-electron chi connectivity index (χ1n) is 8.30. The van der Waals surface area contributed by atoms with Gasteiger partial charge in [-0.15, -0.1) is 0 Å². The molecule has 3 rings (SSSR count). The van der Waals surface area contributed by atoms with Crippen LogP contribution < -0.4 is 14.8 Å². The molecule has 0 aliphatic heterocycles. The van der Waals surface area contributed by atoms with E-state index in [0.29, 0.717) is 12.1 Å². The number of rotatable bonds is 6. The second-order valence-corrected chi connectivity index (χ2v) is 5.71. The smallest absolute Gasteiger partial charge is 0.265 e. The van der Waals surface area contributed by atoms with Crippen molar-refractivity contribution in [3.05, 3.63) is 66.7 Å². The molecule has 0 bridgehead atoms. The molecule has 0 aliphatic carbocycles. The van der Waals surface area contributed by atoms with Crippen molar-refractivity contribution in [1.82, 2.24) is 0 Å². The van der Waals surface area contributed by atoms with E-state index >= 15 is 0 Å². The maximum atomic E-state index is 12.6. The van der Waals surface area contributed by atoms with Crippen molar-refractivity contribution < 1.29 is 14.3 Å². The molecule has 3 aromatic rings. The van der Waals surface area contributed by atoms with E-state index in [1.54, 1.807) is 19.2 Å². The van der Waals surface area contributed by atoms with Gasteiger partial charge >= 0.3 is 0 Å². The largest absolute Gasteiger partial charge is 0.497 e. The van der Waals surface area contributed by atoms with Crippen LogP contribution in [0.25, 0.3) is 10.8 Å². The highest BCUT2D eigenvalue weighted by Crippen LogP contribution is 2.27. The van der Waals surface area contributed by atoms with Crippen molar-refractivity contribution in [1.29, 1.82) is 0 Å². The first-order chi connectivity index (χ1) is 12.2. The number of anilines is 1. The number of ether oxygens (including phenoxy) is 2. The minimum Gasteiger partial charge on any atom is -0.497 e. The van der Waals surface area contributed by atoms with Gasteiger partial charge in [0.2, 0.25) is 0 Å². The van der Waals surface area contributed by atoms with Crippen molar-refractivity contribution in [2.75, 3.05) is 12.4 Å². The van der Waals surface area contributed by atoms with Crippen LogP contribution in [0.2, 0.25) is 0 Å². The topological polar surface area (TPSA) is 47.6 Å².